The van der Waals surface area contributed by atoms with Crippen molar-refractivity contribution in [1.29, 1.82) is 0 Å². The molecular weight excluding hydrogens is 373 g/mol. The van der Waals surface area contributed by atoms with Crippen LogP contribution in [0.25, 0.3) is 0 Å². The standard InChI is InChI=1S/C16H14BrCl2NO/c1-10-3-12(7-13(17)4-10)16(21)20(2)9-11-5-14(18)8-15(19)6-11/h3-8H,9H2,1-2H3. The van der Waals surface area contributed by atoms with E-state index >= 15 is 0 Å². The molecule has 2 aromatic carbocycles. The van der Waals surface area contributed by atoms with Gasteiger partial charge in [-0.3, -0.25) is 4.79 Å². The normalized spacial score (nSPS) is 10.5. The average molecular weight is 387 g/mol. The van der Waals surface area contributed by atoms with Crippen LogP contribution in [0.5, 0.6) is 0 Å². The predicted octanol–water partition coefficient (Wildman–Crippen LogP) is 5.34. The zero-order valence-corrected chi connectivity index (χ0v) is 14.8. The molecule has 0 aliphatic rings. The van der Waals surface area contributed by atoms with Crippen molar-refractivity contribution in [2.24, 2.45) is 0 Å². The van der Waals surface area contributed by atoms with Crippen LogP contribution in [0.4, 0.5) is 0 Å². The summed E-state index contributed by atoms with van der Waals surface area (Å²) in [7, 11) is 1.76. The van der Waals surface area contributed by atoms with Crippen LogP contribution in [0.15, 0.2) is 40.9 Å². The van der Waals surface area contributed by atoms with E-state index in [4.69, 9.17) is 23.2 Å². The van der Waals surface area contributed by atoms with Crippen LogP contribution in [0.2, 0.25) is 10.0 Å². The molecule has 0 aromatic heterocycles. The van der Waals surface area contributed by atoms with E-state index in [2.05, 4.69) is 15.9 Å². The van der Waals surface area contributed by atoms with E-state index in [1.54, 1.807) is 18.0 Å². The summed E-state index contributed by atoms with van der Waals surface area (Å²) in [6.45, 7) is 2.41. The van der Waals surface area contributed by atoms with Gasteiger partial charge >= 0.3 is 0 Å². The van der Waals surface area contributed by atoms with Crippen LogP contribution in [-0.2, 0) is 6.54 Å². The molecule has 0 unspecified atom stereocenters. The van der Waals surface area contributed by atoms with Crippen molar-refractivity contribution in [2.75, 3.05) is 7.05 Å². The van der Waals surface area contributed by atoms with Gasteiger partial charge in [-0.25, -0.2) is 0 Å². The van der Waals surface area contributed by atoms with Crippen LogP contribution in [0.3, 0.4) is 0 Å². The Balaban J connectivity index is 2.19. The van der Waals surface area contributed by atoms with Gasteiger partial charge in [-0.2, -0.15) is 0 Å². The number of amides is 1. The Morgan fingerprint density at radius 2 is 1.71 bits per heavy atom. The second-order valence-corrected chi connectivity index (χ2v) is 6.74. The Morgan fingerprint density at radius 3 is 2.29 bits per heavy atom. The third kappa shape index (κ3) is 4.47. The summed E-state index contributed by atoms with van der Waals surface area (Å²) in [5, 5.41) is 1.13. The highest BCUT2D eigenvalue weighted by Crippen LogP contribution is 2.21. The Kier molecular flexibility index (Phi) is 5.31. The number of carbonyl (C=O) groups is 1. The van der Waals surface area contributed by atoms with Gasteiger partial charge in [-0.15, -0.1) is 0 Å². The Hall–Kier alpha value is -1.03. The highest BCUT2D eigenvalue weighted by molar-refractivity contribution is 9.10. The fourth-order valence-electron chi connectivity index (χ4n) is 2.13. The molecule has 0 spiro atoms. The molecule has 2 nitrogen and oxygen atoms in total. The van der Waals surface area contributed by atoms with Gasteiger partial charge in [-0.05, 0) is 54.4 Å². The summed E-state index contributed by atoms with van der Waals surface area (Å²) < 4.78 is 0.894. The van der Waals surface area contributed by atoms with Crippen LogP contribution in [0, 0.1) is 6.92 Å². The monoisotopic (exact) mass is 385 g/mol. The first-order chi connectivity index (χ1) is 9.85. The van der Waals surface area contributed by atoms with Crippen molar-refractivity contribution < 1.29 is 4.79 Å². The van der Waals surface area contributed by atoms with E-state index in [1.807, 2.05) is 37.3 Å². The summed E-state index contributed by atoms with van der Waals surface area (Å²) in [5.41, 5.74) is 2.58. The van der Waals surface area contributed by atoms with Gasteiger partial charge in [-0.1, -0.05) is 39.1 Å². The zero-order chi connectivity index (χ0) is 15.6. The zero-order valence-electron chi connectivity index (χ0n) is 11.7. The molecule has 0 fully saturated rings. The molecule has 0 heterocycles. The van der Waals surface area contributed by atoms with Crippen LogP contribution in [-0.4, -0.2) is 17.9 Å². The lowest BCUT2D eigenvalue weighted by Gasteiger charge is -2.18. The molecule has 21 heavy (non-hydrogen) atoms. The molecule has 0 saturated heterocycles. The molecule has 2 aromatic rings. The fourth-order valence-corrected chi connectivity index (χ4v) is 3.31. The van der Waals surface area contributed by atoms with Crippen molar-refractivity contribution in [3.63, 3.8) is 0 Å². The van der Waals surface area contributed by atoms with Gasteiger partial charge in [0.05, 0.1) is 0 Å². The Bertz CT molecular complexity index is 647. The first kappa shape index (κ1) is 16.3. The highest BCUT2D eigenvalue weighted by Gasteiger charge is 2.13. The number of nitrogens with zero attached hydrogens (tertiary/aromatic N) is 1. The minimum absolute atomic E-state index is 0.0458. The summed E-state index contributed by atoms with van der Waals surface area (Å²) in [6, 6.07) is 10.9. The summed E-state index contributed by atoms with van der Waals surface area (Å²) >= 11 is 15.4. The molecule has 0 saturated carbocycles. The predicted molar refractivity (Wildman–Crippen MR) is 91.1 cm³/mol. The van der Waals surface area contributed by atoms with Gasteiger partial charge in [0.1, 0.15) is 0 Å². The van der Waals surface area contributed by atoms with Gasteiger partial charge < -0.3 is 4.90 Å². The Labute approximate surface area is 142 Å². The average Bonchev–Trinajstić information content (AvgIpc) is 2.35. The molecule has 0 aliphatic carbocycles. The number of rotatable bonds is 3. The molecule has 0 aliphatic heterocycles. The summed E-state index contributed by atoms with van der Waals surface area (Å²) in [5.74, 6) is -0.0458. The number of hydrogen-bond acceptors (Lipinski definition) is 1. The maximum Gasteiger partial charge on any atom is 0.253 e. The van der Waals surface area contributed by atoms with E-state index < -0.39 is 0 Å². The molecule has 0 atom stereocenters. The van der Waals surface area contributed by atoms with Gasteiger partial charge in [0, 0.05) is 33.7 Å². The Morgan fingerprint density at radius 1 is 1.10 bits per heavy atom. The minimum Gasteiger partial charge on any atom is -0.337 e. The molecule has 1 amide bonds. The quantitative estimate of drug-likeness (QED) is 0.697. The number of hydrogen-bond donors (Lipinski definition) is 0. The van der Waals surface area contributed by atoms with E-state index in [0.717, 1.165) is 15.6 Å². The lowest BCUT2D eigenvalue weighted by Crippen LogP contribution is -2.26. The van der Waals surface area contributed by atoms with Crippen molar-refractivity contribution in [1.82, 2.24) is 4.90 Å². The van der Waals surface area contributed by atoms with E-state index in [0.29, 0.717) is 22.2 Å². The van der Waals surface area contributed by atoms with Gasteiger partial charge in [0.25, 0.3) is 5.91 Å². The van der Waals surface area contributed by atoms with Gasteiger partial charge in [0.15, 0.2) is 0 Å². The highest BCUT2D eigenvalue weighted by atomic mass is 79.9. The van der Waals surface area contributed by atoms with E-state index in [9.17, 15) is 4.79 Å². The number of carbonyl (C=O) groups excluding carboxylic acids is 1. The second kappa shape index (κ2) is 6.82. The molecule has 0 N–H and O–H groups in total. The number of aryl methyl sites for hydroxylation is 1. The minimum atomic E-state index is -0.0458. The first-order valence-electron chi connectivity index (χ1n) is 6.33. The SMILES string of the molecule is Cc1cc(Br)cc(C(=O)N(C)Cc2cc(Cl)cc(Cl)c2)c1. The molecule has 0 radical (unpaired) electrons. The van der Waals surface area contributed by atoms with Gasteiger partial charge in [0.2, 0.25) is 0 Å². The number of benzene rings is 2. The van der Waals surface area contributed by atoms with Crippen molar-refractivity contribution in [2.45, 2.75) is 13.5 Å². The summed E-state index contributed by atoms with van der Waals surface area (Å²) in [4.78, 5) is 14.1. The van der Waals surface area contributed by atoms with Crippen molar-refractivity contribution in [3.8, 4) is 0 Å². The molecular formula is C16H14BrCl2NO. The lowest BCUT2D eigenvalue weighted by molar-refractivity contribution is 0.0785. The molecule has 110 valence electrons. The van der Waals surface area contributed by atoms with E-state index in [1.165, 1.54) is 0 Å². The number of halogens is 3. The first-order valence-corrected chi connectivity index (χ1v) is 7.87. The third-order valence-electron chi connectivity index (χ3n) is 2.98. The molecule has 5 heteroatoms. The van der Waals surface area contributed by atoms with Crippen LogP contribution < -0.4 is 0 Å². The van der Waals surface area contributed by atoms with Crippen LogP contribution >= 0.6 is 39.1 Å². The van der Waals surface area contributed by atoms with Crippen molar-refractivity contribution in [3.05, 3.63) is 67.6 Å². The molecule has 0 bridgehead atoms. The topological polar surface area (TPSA) is 20.3 Å². The molecule has 2 rings (SSSR count). The van der Waals surface area contributed by atoms with Crippen molar-refractivity contribution >= 4 is 45.0 Å². The van der Waals surface area contributed by atoms with E-state index in [-0.39, 0.29) is 5.91 Å². The lowest BCUT2D eigenvalue weighted by atomic mass is 10.1. The smallest absolute Gasteiger partial charge is 0.253 e. The summed E-state index contributed by atoms with van der Waals surface area (Å²) in [6.07, 6.45) is 0. The fraction of sp³-hybridized carbons (Fsp3) is 0.188. The maximum atomic E-state index is 12.5. The second-order valence-electron chi connectivity index (χ2n) is 4.96. The van der Waals surface area contributed by atoms with Crippen LogP contribution in [0.1, 0.15) is 21.5 Å². The third-order valence-corrected chi connectivity index (χ3v) is 3.87. The largest absolute Gasteiger partial charge is 0.337 e. The maximum absolute atomic E-state index is 12.5.